The fraction of sp³-hybridized carbons (Fsp3) is 0.0952. The average molecular weight is 358 g/mol. The van der Waals surface area contributed by atoms with Crippen LogP contribution in [0.3, 0.4) is 0 Å². The van der Waals surface area contributed by atoms with Gasteiger partial charge in [0.25, 0.3) is 11.5 Å². The van der Waals surface area contributed by atoms with Gasteiger partial charge in [-0.15, -0.1) is 0 Å². The lowest BCUT2D eigenvalue weighted by Gasteiger charge is -2.07. The van der Waals surface area contributed by atoms with Crippen molar-refractivity contribution in [2.75, 3.05) is 0 Å². The van der Waals surface area contributed by atoms with Crippen LogP contribution in [0.25, 0.3) is 10.9 Å². The third kappa shape index (κ3) is 3.37. The lowest BCUT2D eigenvalue weighted by molar-refractivity contribution is 0.0996. The number of pyridine rings is 1. The topological polar surface area (TPSA) is 82.9 Å². The van der Waals surface area contributed by atoms with Crippen LogP contribution < -0.4 is 11.3 Å². The molecule has 2 aromatic carbocycles. The van der Waals surface area contributed by atoms with Crippen molar-refractivity contribution in [2.24, 2.45) is 5.73 Å². The highest BCUT2D eigenvalue weighted by Gasteiger charge is 2.14. The van der Waals surface area contributed by atoms with Crippen LogP contribution in [0.15, 0.2) is 77.7 Å². The summed E-state index contributed by atoms with van der Waals surface area (Å²) in [5, 5.41) is 5.14. The number of amides is 1. The molecule has 0 aliphatic rings. The molecule has 0 aliphatic heterocycles. The Kier molecular flexibility index (Phi) is 4.30. The van der Waals surface area contributed by atoms with Gasteiger partial charge in [-0.1, -0.05) is 48.5 Å². The molecule has 0 saturated carbocycles. The second kappa shape index (κ2) is 6.92. The van der Waals surface area contributed by atoms with E-state index in [1.54, 1.807) is 27.6 Å². The van der Waals surface area contributed by atoms with E-state index >= 15 is 0 Å². The van der Waals surface area contributed by atoms with E-state index in [9.17, 15) is 9.59 Å². The van der Waals surface area contributed by atoms with Crippen LogP contribution in [0.2, 0.25) is 0 Å². The number of nitrogens with zero attached hydrogens (tertiary/aromatic N) is 3. The zero-order valence-electron chi connectivity index (χ0n) is 14.6. The van der Waals surface area contributed by atoms with E-state index in [1.165, 1.54) is 0 Å². The summed E-state index contributed by atoms with van der Waals surface area (Å²) in [5.41, 5.74) is 8.66. The van der Waals surface area contributed by atoms with Crippen LogP contribution in [0.4, 0.5) is 0 Å². The summed E-state index contributed by atoms with van der Waals surface area (Å²) < 4.78 is 3.45. The van der Waals surface area contributed by atoms with E-state index < -0.39 is 5.91 Å². The molecule has 2 aromatic heterocycles. The number of hydrogen-bond acceptors (Lipinski definition) is 3. The van der Waals surface area contributed by atoms with Crippen molar-refractivity contribution in [1.82, 2.24) is 14.3 Å². The third-order valence-electron chi connectivity index (χ3n) is 4.50. The maximum atomic E-state index is 11.8. The molecule has 2 N–H and O–H groups in total. The molecule has 4 rings (SSSR count). The zero-order chi connectivity index (χ0) is 18.8. The molecule has 27 heavy (non-hydrogen) atoms. The number of primary amides is 1. The van der Waals surface area contributed by atoms with Gasteiger partial charge in [0.2, 0.25) is 0 Å². The molecular formula is C21H18N4O2. The quantitative estimate of drug-likeness (QED) is 0.595. The fourth-order valence-corrected chi connectivity index (χ4v) is 3.14. The Morgan fingerprint density at radius 1 is 0.889 bits per heavy atom. The molecule has 6 heteroatoms. The van der Waals surface area contributed by atoms with Crippen LogP contribution in [0.1, 0.15) is 21.6 Å². The summed E-state index contributed by atoms with van der Waals surface area (Å²) in [6.45, 7) is 1.05. The van der Waals surface area contributed by atoms with E-state index in [1.807, 2.05) is 54.6 Å². The smallest absolute Gasteiger partial charge is 0.269 e. The molecule has 0 aliphatic carbocycles. The minimum Gasteiger partial charge on any atom is -0.364 e. The Morgan fingerprint density at radius 3 is 2.26 bits per heavy atom. The van der Waals surface area contributed by atoms with Gasteiger partial charge in [-0.05, 0) is 23.3 Å². The number of para-hydroxylation sites is 1. The van der Waals surface area contributed by atoms with Crippen molar-refractivity contribution in [1.29, 1.82) is 0 Å². The van der Waals surface area contributed by atoms with Crippen LogP contribution in [0.5, 0.6) is 0 Å². The Bertz CT molecular complexity index is 1170. The molecule has 0 atom stereocenters. The zero-order valence-corrected chi connectivity index (χ0v) is 14.6. The molecule has 0 spiro atoms. The number of nitrogens with two attached hydrogens (primary N) is 1. The van der Waals surface area contributed by atoms with Crippen molar-refractivity contribution in [3.8, 4) is 0 Å². The molecule has 134 valence electrons. The Hall–Kier alpha value is -3.67. The standard InChI is InChI=1S/C21H18N4O2/c22-21(27)20-17-5-1-2-6-18(17)25(23-20)14-16-10-8-15(9-11-16)13-24-12-4-3-7-19(24)26/h1-12H,13-14H2,(H2,22,27). The first-order valence-electron chi connectivity index (χ1n) is 8.60. The second-order valence-electron chi connectivity index (χ2n) is 6.37. The van der Waals surface area contributed by atoms with E-state index in [0.29, 0.717) is 13.1 Å². The normalized spacial score (nSPS) is 11.0. The van der Waals surface area contributed by atoms with Crippen LogP contribution in [-0.2, 0) is 13.1 Å². The van der Waals surface area contributed by atoms with Gasteiger partial charge in [-0.25, -0.2) is 0 Å². The summed E-state index contributed by atoms with van der Waals surface area (Å²) in [5.74, 6) is -0.534. The van der Waals surface area contributed by atoms with Crippen molar-refractivity contribution >= 4 is 16.8 Å². The van der Waals surface area contributed by atoms with Gasteiger partial charge < -0.3 is 10.3 Å². The van der Waals surface area contributed by atoms with Crippen LogP contribution in [0, 0.1) is 0 Å². The number of benzene rings is 2. The number of carbonyl (C=O) groups excluding carboxylic acids is 1. The molecule has 0 bridgehead atoms. The lowest BCUT2D eigenvalue weighted by Crippen LogP contribution is -2.18. The van der Waals surface area contributed by atoms with Gasteiger partial charge in [0, 0.05) is 17.6 Å². The maximum absolute atomic E-state index is 11.8. The SMILES string of the molecule is NC(=O)c1nn(Cc2ccc(Cn3ccccc3=O)cc2)c2ccccc12. The van der Waals surface area contributed by atoms with Crippen LogP contribution in [-0.4, -0.2) is 20.3 Å². The first kappa shape index (κ1) is 16.8. The molecule has 0 unspecified atom stereocenters. The highest BCUT2D eigenvalue weighted by atomic mass is 16.1. The molecular weight excluding hydrogens is 340 g/mol. The number of carbonyl (C=O) groups is 1. The maximum Gasteiger partial charge on any atom is 0.269 e. The summed E-state index contributed by atoms with van der Waals surface area (Å²) in [7, 11) is 0. The second-order valence-corrected chi connectivity index (χ2v) is 6.37. The fourth-order valence-electron chi connectivity index (χ4n) is 3.14. The predicted octanol–water partition coefficient (Wildman–Crippen LogP) is 2.39. The van der Waals surface area contributed by atoms with Gasteiger partial charge in [0.15, 0.2) is 5.69 Å². The Balaban J connectivity index is 1.59. The highest BCUT2D eigenvalue weighted by molar-refractivity contribution is 6.04. The molecule has 1 amide bonds. The van der Waals surface area contributed by atoms with Gasteiger partial charge in [-0.2, -0.15) is 5.10 Å². The number of fused-ring (bicyclic) bond motifs is 1. The predicted molar refractivity (Wildman–Crippen MR) is 104 cm³/mol. The number of hydrogen-bond donors (Lipinski definition) is 1. The molecule has 0 fully saturated rings. The highest BCUT2D eigenvalue weighted by Crippen LogP contribution is 2.19. The van der Waals surface area contributed by atoms with Crippen molar-refractivity contribution < 1.29 is 4.79 Å². The minimum absolute atomic E-state index is 0.0245. The molecule has 4 aromatic rings. The number of aromatic nitrogens is 3. The van der Waals surface area contributed by atoms with Gasteiger partial charge >= 0.3 is 0 Å². The summed E-state index contributed by atoms with van der Waals surface area (Å²) >= 11 is 0. The molecule has 0 saturated heterocycles. The Morgan fingerprint density at radius 2 is 1.56 bits per heavy atom. The first-order chi connectivity index (χ1) is 13.1. The summed E-state index contributed by atoms with van der Waals surface area (Å²) in [6.07, 6.45) is 1.78. The molecule has 6 nitrogen and oxygen atoms in total. The average Bonchev–Trinajstić information content (AvgIpc) is 3.04. The molecule has 2 heterocycles. The van der Waals surface area contributed by atoms with Gasteiger partial charge in [-0.3, -0.25) is 14.3 Å². The van der Waals surface area contributed by atoms with E-state index in [-0.39, 0.29) is 11.3 Å². The molecule has 0 radical (unpaired) electrons. The summed E-state index contributed by atoms with van der Waals surface area (Å²) in [4.78, 5) is 23.5. The third-order valence-corrected chi connectivity index (χ3v) is 4.50. The van der Waals surface area contributed by atoms with E-state index in [2.05, 4.69) is 5.10 Å². The van der Waals surface area contributed by atoms with Gasteiger partial charge in [0.05, 0.1) is 18.6 Å². The van der Waals surface area contributed by atoms with Crippen molar-refractivity contribution in [3.05, 3.63) is 100 Å². The Labute approximate surface area is 155 Å². The van der Waals surface area contributed by atoms with E-state index in [0.717, 1.165) is 22.0 Å². The van der Waals surface area contributed by atoms with E-state index in [4.69, 9.17) is 5.73 Å². The van der Waals surface area contributed by atoms with Crippen molar-refractivity contribution in [3.63, 3.8) is 0 Å². The largest absolute Gasteiger partial charge is 0.364 e. The van der Waals surface area contributed by atoms with Crippen molar-refractivity contribution in [2.45, 2.75) is 13.1 Å². The summed E-state index contributed by atoms with van der Waals surface area (Å²) in [6, 6.07) is 20.7. The first-order valence-corrected chi connectivity index (χ1v) is 8.60. The van der Waals surface area contributed by atoms with Crippen LogP contribution >= 0.6 is 0 Å². The minimum atomic E-state index is -0.534. The monoisotopic (exact) mass is 358 g/mol. The van der Waals surface area contributed by atoms with Gasteiger partial charge in [0.1, 0.15) is 0 Å². The number of rotatable bonds is 5. The lowest BCUT2D eigenvalue weighted by atomic mass is 10.1.